The lowest BCUT2D eigenvalue weighted by atomic mass is 9.81. The second-order valence-corrected chi connectivity index (χ2v) is 15.3. The molecule has 1 nitrogen and oxygen atoms in total. The average molecular weight is 684 g/mol. The molecule has 1 unspecified atom stereocenters. The van der Waals surface area contributed by atoms with Crippen LogP contribution in [0, 0.1) is 0 Å². The van der Waals surface area contributed by atoms with Gasteiger partial charge < -0.3 is 5.32 Å². The van der Waals surface area contributed by atoms with Gasteiger partial charge in [0, 0.05) is 22.7 Å². The van der Waals surface area contributed by atoms with E-state index >= 15 is 0 Å². The molecule has 1 heteroatoms. The summed E-state index contributed by atoms with van der Waals surface area (Å²) in [5.74, 6) is 0.293. The topological polar surface area (TPSA) is 12.0 Å². The molecule has 0 saturated carbocycles. The Kier molecular flexibility index (Phi) is 8.64. The van der Waals surface area contributed by atoms with Gasteiger partial charge in [-0.2, -0.15) is 0 Å². The van der Waals surface area contributed by atoms with Crippen molar-refractivity contribution in [2.75, 3.05) is 5.32 Å². The van der Waals surface area contributed by atoms with Gasteiger partial charge in [0.25, 0.3) is 0 Å². The maximum absolute atomic E-state index is 3.69. The van der Waals surface area contributed by atoms with Crippen LogP contribution >= 0.6 is 0 Å². The first-order chi connectivity index (χ1) is 26.0. The van der Waals surface area contributed by atoms with E-state index in [0.717, 1.165) is 37.1 Å². The second-order valence-electron chi connectivity index (χ2n) is 15.3. The number of hydrogen-bond acceptors (Lipinski definition) is 1. The van der Waals surface area contributed by atoms with E-state index < -0.39 is 0 Å². The van der Waals surface area contributed by atoms with E-state index in [0.29, 0.717) is 5.92 Å². The molecule has 0 saturated heterocycles. The number of aryl methyl sites for hydroxylation is 1. The first kappa shape index (κ1) is 33.0. The fourth-order valence-electron chi connectivity index (χ4n) is 8.60. The number of nitrogens with one attached hydrogen (secondary N) is 1. The van der Waals surface area contributed by atoms with Gasteiger partial charge in [0.1, 0.15) is 0 Å². The van der Waals surface area contributed by atoms with E-state index in [1.807, 2.05) is 0 Å². The minimum Gasteiger partial charge on any atom is -0.356 e. The molecule has 53 heavy (non-hydrogen) atoms. The fraction of sp³-hybridized carbons (Fsp3) is 0.154. The third kappa shape index (κ3) is 6.53. The smallest absolute Gasteiger partial charge is 0.0387 e. The maximum Gasteiger partial charge on any atom is 0.0387 e. The van der Waals surface area contributed by atoms with Gasteiger partial charge in [0.15, 0.2) is 0 Å². The highest BCUT2D eigenvalue weighted by molar-refractivity contribution is 5.84. The summed E-state index contributed by atoms with van der Waals surface area (Å²) in [6, 6.07) is 58.7. The lowest BCUT2D eigenvalue weighted by Gasteiger charge is -2.23. The molecule has 1 atom stereocenters. The van der Waals surface area contributed by atoms with E-state index in [1.165, 1.54) is 72.0 Å². The predicted octanol–water partition coefficient (Wildman–Crippen LogP) is 14.1. The average Bonchev–Trinajstić information content (AvgIpc) is 3.44. The van der Waals surface area contributed by atoms with Crippen LogP contribution in [-0.4, -0.2) is 0 Å². The number of fused-ring (bicyclic) bond motifs is 4. The minimum absolute atomic E-state index is 0.0891. The standard InChI is InChI=1S/C52H45N/c1-52(2)50-33-36(18-31-48(50)49-32-29-46(35-51(49)52)53-45-27-25-41(26-28-45)38-13-7-4-8-14-38)17-30-47(44-24-21-39-15-9-10-16-43(39)34-44)42-22-19-40(20-23-42)37-11-5-3-6-12-37/h3-7,9-13,15-16,18-29,31-35,47,53H,8,14,17,30H2,1-2H3. The summed E-state index contributed by atoms with van der Waals surface area (Å²) < 4.78 is 0. The molecule has 0 spiro atoms. The highest BCUT2D eigenvalue weighted by atomic mass is 14.9. The molecule has 0 aromatic heterocycles. The maximum atomic E-state index is 3.69. The van der Waals surface area contributed by atoms with Crippen molar-refractivity contribution in [1.82, 2.24) is 0 Å². The van der Waals surface area contributed by atoms with Gasteiger partial charge in [-0.05, 0) is 122 Å². The van der Waals surface area contributed by atoms with Gasteiger partial charge in [-0.1, -0.05) is 166 Å². The number of rotatable bonds is 9. The van der Waals surface area contributed by atoms with Gasteiger partial charge in [0.05, 0.1) is 0 Å². The lowest BCUT2D eigenvalue weighted by Crippen LogP contribution is -2.15. The molecular weight excluding hydrogens is 639 g/mol. The van der Waals surface area contributed by atoms with Crippen LogP contribution in [0.3, 0.4) is 0 Å². The largest absolute Gasteiger partial charge is 0.356 e. The Morgan fingerprint density at radius 2 is 1.23 bits per heavy atom. The summed E-state index contributed by atoms with van der Waals surface area (Å²) in [7, 11) is 0. The molecule has 0 fully saturated rings. The summed E-state index contributed by atoms with van der Waals surface area (Å²) in [6.07, 6.45) is 10.9. The lowest BCUT2D eigenvalue weighted by molar-refractivity contribution is 0.657. The number of anilines is 2. The molecule has 258 valence electrons. The van der Waals surface area contributed by atoms with Crippen LogP contribution < -0.4 is 5.32 Å². The molecule has 2 aliphatic carbocycles. The van der Waals surface area contributed by atoms with Gasteiger partial charge in [-0.3, -0.25) is 0 Å². The van der Waals surface area contributed by atoms with Crippen molar-refractivity contribution >= 4 is 27.7 Å². The molecule has 2 aliphatic rings. The van der Waals surface area contributed by atoms with Gasteiger partial charge in [0.2, 0.25) is 0 Å². The van der Waals surface area contributed by atoms with Crippen molar-refractivity contribution in [2.45, 2.75) is 50.9 Å². The Morgan fingerprint density at radius 1 is 0.566 bits per heavy atom. The van der Waals surface area contributed by atoms with Crippen molar-refractivity contribution < 1.29 is 0 Å². The summed E-state index contributed by atoms with van der Waals surface area (Å²) in [5.41, 5.74) is 17.1. The zero-order valence-corrected chi connectivity index (χ0v) is 30.6. The van der Waals surface area contributed by atoms with Crippen molar-refractivity contribution in [3.8, 4) is 22.3 Å². The Morgan fingerprint density at radius 3 is 2.00 bits per heavy atom. The molecule has 0 heterocycles. The summed E-state index contributed by atoms with van der Waals surface area (Å²) >= 11 is 0. The van der Waals surface area contributed by atoms with E-state index in [2.05, 4.69) is 195 Å². The van der Waals surface area contributed by atoms with Gasteiger partial charge >= 0.3 is 0 Å². The third-order valence-corrected chi connectivity index (χ3v) is 11.6. The van der Waals surface area contributed by atoms with Crippen molar-refractivity contribution in [3.05, 3.63) is 209 Å². The van der Waals surface area contributed by atoms with Crippen molar-refractivity contribution in [3.63, 3.8) is 0 Å². The Balaban J connectivity index is 0.964. The molecule has 1 N–H and O–H groups in total. The summed E-state index contributed by atoms with van der Waals surface area (Å²) in [6.45, 7) is 4.77. The first-order valence-corrected chi connectivity index (χ1v) is 19.2. The van der Waals surface area contributed by atoms with Crippen LogP contribution in [-0.2, 0) is 11.8 Å². The van der Waals surface area contributed by atoms with Crippen LogP contribution in [0.15, 0.2) is 176 Å². The Hall–Kier alpha value is -5.92. The minimum atomic E-state index is -0.0891. The quantitative estimate of drug-likeness (QED) is 0.160. The van der Waals surface area contributed by atoms with Gasteiger partial charge in [-0.15, -0.1) is 0 Å². The SMILES string of the molecule is CC1(C)c2cc(CCC(c3ccc(-c4ccccc4)cc3)c3ccc4ccccc4c3)ccc2-c2ccc(Nc3ccc(C4=CC=CCC4)cc3)cc21. The zero-order valence-electron chi connectivity index (χ0n) is 30.6. The van der Waals surface area contributed by atoms with Crippen molar-refractivity contribution in [1.29, 1.82) is 0 Å². The van der Waals surface area contributed by atoms with Crippen LogP contribution in [0.2, 0.25) is 0 Å². The summed E-state index contributed by atoms with van der Waals surface area (Å²) in [5, 5.41) is 6.28. The molecule has 7 aromatic carbocycles. The van der Waals surface area contributed by atoms with Crippen LogP contribution in [0.1, 0.15) is 72.4 Å². The first-order valence-electron chi connectivity index (χ1n) is 19.2. The number of hydrogen-bond donors (Lipinski definition) is 1. The van der Waals surface area contributed by atoms with Crippen LogP contribution in [0.25, 0.3) is 38.6 Å². The Labute approximate surface area is 314 Å². The number of allylic oxidation sites excluding steroid dienone is 4. The van der Waals surface area contributed by atoms with Crippen molar-refractivity contribution in [2.24, 2.45) is 0 Å². The fourth-order valence-corrected chi connectivity index (χ4v) is 8.60. The Bertz CT molecular complexity index is 2480. The second kappa shape index (κ2) is 13.9. The van der Waals surface area contributed by atoms with Crippen LogP contribution in [0.4, 0.5) is 11.4 Å². The molecule has 0 amide bonds. The molecule has 0 bridgehead atoms. The predicted molar refractivity (Wildman–Crippen MR) is 226 cm³/mol. The van der Waals surface area contributed by atoms with E-state index in [1.54, 1.807) is 0 Å². The molecule has 9 rings (SSSR count). The third-order valence-electron chi connectivity index (χ3n) is 11.6. The molecular formula is C52H45N. The van der Waals surface area contributed by atoms with Crippen LogP contribution in [0.5, 0.6) is 0 Å². The van der Waals surface area contributed by atoms with E-state index in [9.17, 15) is 0 Å². The monoisotopic (exact) mass is 683 g/mol. The van der Waals surface area contributed by atoms with Gasteiger partial charge in [-0.25, -0.2) is 0 Å². The zero-order chi connectivity index (χ0) is 35.8. The molecule has 0 aliphatic heterocycles. The molecule has 7 aromatic rings. The van der Waals surface area contributed by atoms with E-state index in [4.69, 9.17) is 0 Å². The normalized spacial score (nSPS) is 14.7. The molecule has 0 radical (unpaired) electrons. The summed E-state index contributed by atoms with van der Waals surface area (Å²) in [4.78, 5) is 0. The highest BCUT2D eigenvalue weighted by Crippen LogP contribution is 2.50. The highest BCUT2D eigenvalue weighted by Gasteiger charge is 2.35. The number of benzene rings is 7. The van der Waals surface area contributed by atoms with E-state index in [-0.39, 0.29) is 5.41 Å².